The van der Waals surface area contributed by atoms with E-state index in [2.05, 4.69) is 0 Å². The molecule has 0 aromatic carbocycles. The standard InChI is InChI=1S/C10H22N2O2S/c1-6-10(3)11(4)8-9-12(5)15(13,14)7-2/h6H,7-9H2,1-5H3/b10-6+. The summed E-state index contributed by atoms with van der Waals surface area (Å²) in [6.07, 6.45) is 2.01. The zero-order valence-corrected chi connectivity index (χ0v) is 11.1. The van der Waals surface area contributed by atoms with E-state index < -0.39 is 10.0 Å². The second kappa shape index (κ2) is 6.12. The Labute approximate surface area is 93.6 Å². The molecule has 5 heteroatoms. The lowest BCUT2D eigenvalue weighted by atomic mass is 10.4. The lowest BCUT2D eigenvalue weighted by molar-refractivity contribution is 0.365. The molecule has 0 aromatic heterocycles. The van der Waals surface area contributed by atoms with Crippen LogP contribution in [-0.2, 0) is 10.0 Å². The van der Waals surface area contributed by atoms with Gasteiger partial charge in [0, 0.05) is 32.9 Å². The molecular formula is C10H22N2O2S. The summed E-state index contributed by atoms with van der Waals surface area (Å²) in [5, 5.41) is 0. The van der Waals surface area contributed by atoms with E-state index in [4.69, 9.17) is 0 Å². The Morgan fingerprint density at radius 2 is 1.80 bits per heavy atom. The van der Waals surface area contributed by atoms with Crippen LogP contribution in [0.15, 0.2) is 11.8 Å². The van der Waals surface area contributed by atoms with Gasteiger partial charge in [-0.3, -0.25) is 0 Å². The fourth-order valence-electron chi connectivity index (χ4n) is 1.05. The van der Waals surface area contributed by atoms with Crippen LogP contribution >= 0.6 is 0 Å². The highest BCUT2D eigenvalue weighted by atomic mass is 32.2. The number of nitrogens with zero attached hydrogens (tertiary/aromatic N) is 2. The summed E-state index contributed by atoms with van der Waals surface area (Å²) >= 11 is 0. The molecule has 0 heterocycles. The Morgan fingerprint density at radius 1 is 1.27 bits per heavy atom. The molecular weight excluding hydrogens is 212 g/mol. The van der Waals surface area contributed by atoms with E-state index in [0.29, 0.717) is 13.1 Å². The Hall–Kier alpha value is -0.550. The summed E-state index contributed by atoms with van der Waals surface area (Å²) in [7, 11) is 0.544. The molecule has 4 nitrogen and oxygen atoms in total. The number of hydrogen-bond donors (Lipinski definition) is 0. The molecule has 0 spiro atoms. The van der Waals surface area contributed by atoms with Gasteiger partial charge >= 0.3 is 0 Å². The zero-order valence-electron chi connectivity index (χ0n) is 10.3. The molecule has 15 heavy (non-hydrogen) atoms. The maximum atomic E-state index is 11.4. The van der Waals surface area contributed by atoms with E-state index in [1.54, 1.807) is 14.0 Å². The van der Waals surface area contributed by atoms with E-state index in [-0.39, 0.29) is 5.75 Å². The van der Waals surface area contributed by atoms with Gasteiger partial charge in [0.25, 0.3) is 0 Å². The fourth-order valence-corrected chi connectivity index (χ4v) is 1.85. The summed E-state index contributed by atoms with van der Waals surface area (Å²) in [6, 6.07) is 0. The SMILES string of the molecule is C/C=C(\C)N(C)CCN(C)S(=O)(=O)CC. The van der Waals surface area contributed by atoms with Crippen molar-refractivity contribution in [1.29, 1.82) is 0 Å². The van der Waals surface area contributed by atoms with Crippen molar-refractivity contribution < 1.29 is 8.42 Å². The minimum atomic E-state index is -3.04. The fraction of sp³-hybridized carbons (Fsp3) is 0.800. The average molecular weight is 234 g/mol. The predicted molar refractivity (Wildman–Crippen MR) is 64.2 cm³/mol. The first-order chi connectivity index (χ1) is 6.85. The van der Waals surface area contributed by atoms with Gasteiger partial charge < -0.3 is 4.90 Å². The first-order valence-electron chi connectivity index (χ1n) is 5.13. The Kier molecular flexibility index (Phi) is 5.90. The van der Waals surface area contributed by atoms with Gasteiger partial charge in [0.05, 0.1) is 5.75 Å². The Balaban J connectivity index is 4.19. The van der Waals surface area contributed by atoms with Gasteiger partial charge in [0.2, 0.25) is 10.0 Å². The summed E-state index contributed by atoms with van der Waals surface area (Å²) in [4.78, 5) is 2.04. The third kappa shape index (κ3) is 4.66. The molecule has 0 aliphatic carbocycles. The Bertz CT molecular complexity index is 309. The quantitative estimate of drug-likeness (QED) is 0.691. The lowest BCUT2D eigenvalue weighted by Crippen LogP contribution is -2.35. The topological polar surface area (TPSA) is 40.6 Å². The molecule has 0 rings (SSSR count). The normalized spacial score (nSPS) is 13.3. The molecule has 0 aliphatic heterocycles. The average Bonchev–Trinajstić information content (AvgIpc) is 2.23. The van der Waals surface area contributed by atoms with Crippen molar-refractivity contribution in [3.05, 3.63) is 11.8 Å². The van der Waals surface area contributed by atoms with Gasteiger partial charge in [-0.05, 0) is 20.8 Å². The van der Waals surface area contributed by atoms with Crippen LogP contribution in [0.2, 0.25) is 0 Å². The number of likely N-dealkylation sites (N-methyl/N-ethyl adjacent to an activating group) is 2. The second-order valence-electron chi connectivity index (χ2n) is 3.57. The van der Waals surface area contributed by atoms with Crippen molar-refractivity contribution in [2.24, 2.45) is 0 Å². The van der Waals surface area contributed by atoms with E-state index in [1.807, 2.05) is 31.9 Å². The predicted octanol–water partition coefficient (Wildman–Crippen LogP) is 1.12. The van der Waals surface area contributed by atoms with Gasteiger partial charge in [-0.15, -0.1) is 0 Å². The number of allylic oxidation sites excluding steroid dienone is 2. The van der Waals surface area contributed by atoms with Crippen molar-refractivity contribution in [3.63, 3.8) is 0 Å². The van der Waals surface area contributed by atoms with Gasteiger partial charge in [-0.2, -0.15) is 0 Å². The summed E-state index contributed by atoms with van der Waals surface area (Å²) < 4.78 is 24.3. The molecule has 0 atom stereocenters. The number of sulfonamides is 1. The molecule has 0 saturated heterocycles. The second-order valence-corrected chi connectivity index (χ2v) is 5.94. The Morgan fingerprint density at radius 3 is 2.20 bits per heavy atom. The van der Waals surface area contributed by atoms with Crippen LogP contribution in [0.5, 0.6) is 0 Å². The molecule has 0 aliphatic rings. The van der Waals surface area contributed by atoms with Crippen LogP contribution in [0, 0.1) is 0 Å². The van der Waals surface area contributed by atoms with Gasteiger partial charge in [0.1, 0.15) is 0 Å². The van der Waals surface area contributed by atoms with Crippen molar-refractivity contribution in [3.8, 4) is 0 Å². The molecule has 0 bridgehead atoms. The van der Waals surface area contributed by atoms with Gasteiger partial charge in [-0.1, -0.05) is 6.08 Å². The highest BCUT2D eigenvalue weighted by molar-refractivity contribution is 7.89. The van der Waals surface area contributed by atoms with E-state index in [0.717, 1.165) is 5.70 Å². The number of hydrogen-bond acceptors (Lipinski definition) is 3. The third-order valence-electron chi connectivity index (χ3n) is 2.61. The van der Waals surface area contributed by atoms with Crippen LogP contribution in [0.3, 0.4) is 0 Å². The lowest BCUT2D eigenvalue weighted by Gasteiger charge is -2.23. The minimum Gasteiger partial charge on any atom is -0.377 e. The van der Waals surface area contributed by atoms with Crippen LogP contribution in [0.25, 0.3) is 0 Å². The van der Waals surface area contributed by atoms with Crippen LogP contribution in [0.1, 0.15) is 20.8 Å². The molecule has 0 fully saturated rings. The van der Waals surface area contributed by atoms with E-state index in [1.165, 1.54) is 4.31 Å². The van der Waals surface area contributed by atoms with Gasteiger partial charge in [0.15, 0.2) is 0 Å². The molecule has 0 saturated carbocycles. The first kappa shape index (κ1) is 14.5. The summed E-state index contributed by atoms with van der Waals surface area (Å²) in [5.41, 5.74) is 1.15. The largest absolute Gasteiger partial charge is 0.377 e. The van der Waals surface area contributed by atoms with Crippen LogP contribution in [0.4, 0.5) is 0 Å². The molecule has 90 valence electrons. The molecule has 0 aromatic rings. The minimum absolute atomic E-state index is 0.163. The van der Waals surface area contributed by atoms with Crippen LogP contribution < -0.4 is 0 Å². The third-order valence-corrected chi connectivity index (χ3v) is 4.47. The number of rotatable bonds is 6. The molecule has 0 radical (unpaired) electrons. The summed E-state index contributed by atoms with van der Waals surface area (Å²) in [5.74, 6) is 0.163. The van der Waals surface area contributed by atoms with Crippen molar-refractivity contribution in [2.45, 2.75) is 20.8 Å². The maximum absolute atomic E-state index is 11.4. The zero-order chi connectivity index (χ0) is 12.1. The van der Waals surface area contributed by atoms with E-state index >= 15 is 0 Å². The summed E-state index contributed by atoms with van der Waals surface area (Å²) in [6.45, 7) is 6.88. The van der Waals surface area contributed by atoms with E-state index in [9.17, 15) is 8.42 Å². The van der Waals surface area contributed by atoms with Gasteiger partial charge in [-0.25, -0.2) is 12.7 Å². The highest BCUT2D eigenvalue weighted by Gasteiger charge is 2.14. The first-order valence-corrected chi connectivity index (χ1v) is 6.74. The molecule has 0 unspecified atom stereocenters. The smallest absolute Gasteiger partial charge is 0.213 e. The molecule has 0 N–H and O–H groups in total. The monoisotopic (exact) mass is 234 g/mol. The maximum Gasteiger partial charge on any atom is 0.213 e. The van der Waals surface area contributed by atoms with Crippen molar-refractivity contribution in [2.75, 3.05) is 32.9 Å². The van der Waals surface area contributed by atoms with Crippen LogP contribution in [-0.4, -0.2) is 50.6 Å². The van der Waals surface area contributed by atoms with Crippen molar-refractivity contribution >= 4 is 10.0 Å². The molecule has 0 amide bonds. The highest BCUT2D eigenvalue weighted by Crippen LogP contribution is 2.02. The van der Waals surface area contributed by atoms with Crippen molar-refractivity contribution in [1.82, 2.24) is 9.21 Å².